The molecule has 20 heavy (non-hydrogen) atoms. The van der Waals surface area contributed by atoms with Crippen molar-refractivity contribution in [1.29, 1.82) is 0 Å². The minimum atomic E-state index is -0.120. The van der Waals surface area contributed by atoms with Gasteiger partial charge in [0.15, 0.2) is 0 Å². The van der Waals surface area contributed by atoms with Gasteiger partial charge in [0.25, 0.3) is 5.91 Å². The van der Waals surface area contributed by atoms with Crippen LogP contribution in [-0.2, 0) is 0 Å². The molecule has 0 aliphatic carbocycles. The van der Waals surface area contributed by atoms with Gasteiger partial charge in [-0.3, -0.25) is 4.79 Å². The average Bonchev–Trinajstić information content (AvgIpc) is 2.46. The molecule has 0 spiro atoms. The summed E-state index contributed by atoms with van der Waals surface area (Å²) in [6.45, 7) is 1.92. The van der Waals surface area contributed by atoms with Gasteiger partial charge >= 0.3 is 0 Å². The zero-order valence-electron chi connectivity index (χ0n) is 11.4. The minimum absolute atomic E-state index is 0.114. The Bertz CT molecular complexity index is 590. The predicted molar refractivity (Wildman–Crippen MR) is 76.7 cm³/mol. The Kier molecular flexibility index (Phi) is 3.94. The maximum absolute atomic E-state index is 12.3. The van der Waals surface area contributed by atoms with Gasteiger partial charge in [-0.1, -0.05) is 12.1 Å². The lowest BCUT2D eigenvalue weighted by molar-refractivity contribution is 0.0742. The number of amides is 1. The van der Waals surface area contributed by atoms with Gasteiger partial charge in [-0.2, -0.15) is 0 Å². The second-order valence-electron chi connectivity index (χ2n) is 4.73. The molecule has 0 saturated carbocycles. The van der Waals surface area contributed by atoms with Crippen molar-refractivity contribution < 1.29 is 15.0 Å². The van der Waals surface area contributed by atoms with Gasteiger partial charge in [0.05, 0.1) is 6.04 Å². The molecule has 0 bridgehead atoms. The van der Waals surface area contributed by atoms with E-state index in [0.717, 1.165) is 5.56 Å². The molecule has 4 heteroatoms. The lowest BCUT2D eigenvalue weighted by Crippen LogP contribution is -2.29. The van der Waals surface area contributed by atoms with Crippen LogP contribution in [0.4, 0.5) is 0 Å². The van der Waals surface area contributed by atoms with Crippen LogP contribution >= 0.6 is 0 Å². The largest absolute Gasteiger partial charge is 0.508 e. The van der Waals surface area contributed by atoms with Crippen molar-refractivity contribution in [3.63, 3.8) is 0 Å². The van der Waals surface area contributed by atoms with Gasteiger partial charge in [-0.15, -0.1) is 0 Å². The van der Waals surface area contributed by atoms with Gasteiger partial charge in [0.2, 0.25) is 0 Å². The van der Waals surface area contributed by atoms with E-state index in [0.29, 0.717) is 5.56 Å². The first-order valence-corrected chi connectivity index (χ1v) is 6.34. The molecule has 1 unspecified atom stereocenters. The highest BCUT2D eigenvalue weighted by Crippen LogP contribution is 2.23. The summed E-state index contributed by atoms with van der Waals surface area (Å²) in [6.07, 6.45) is 0. The molecular formula is C16H17NO3. The van der Waals surface area contributed by atoms with Gasteiger partial charge in [-0.05, 0) is 48.9 Å². The van der Waals surface area contributed by atoms with Gasteiger partial charge in [0, 0.05) is 12.6 Å². The van der Waals surface area contributed by atoms with Crippen molar-refractivity contribution in [2.45, 2.75) is 13.0 Å². The standard InChI is InChI=1S/C16H17NO3/c1-11(12-3-7-14(18)8-4-12)17(2)16(20)13-5-9-15(19)10-6-13/h3-11,18-19H,1-2H3. The van der Waals surface area contributed by atoms with E-state index in [1.165, 1.54) is 12.1 Å². The molecule has 0 fully saturated rings. The zero-order chi connectivity index (χ0) is 14.7. The predicted octanol–water partition coefficient (Wildman–Crippen LogP) is 2.93. The summed E-state index contributed by atoms with van der Waals surface area (Å²) in [5.74, 6) is 0.217. The molecule has 1 amide bonds. The Morgan fingerprint density at radius 1 is 0.950 bits per heavy atom. The van der Waals surface area contributed by atoms with Crippen LogP contribution < -0.4 is 0 Å². The van der Waals surface area contributed by atoms with Crippen LogP contribution in [0.2, 0.25) is 0 Å². The third-order valence-electron chi connectivity index (χ3n) is 3.39. The molecule has 0 radical (unpaired) electrons. The number of phenols is 2. The number of benzene rings is 2. The molecule has 2 N–H and O–H groups in total. The number of carbonyl (C=O) groups is 1. The van der Waals surface area contributed by atoms with E-state index in [1.54, 1.807) is 48.3 Å². The summed E-state index contributed by atoms with van der Waals surface area (Å²) in [4.78, 5) is 14.0. The molecule has 2 aromatic rings. The minimum Gasteiger partial charge on any atom is -0.508 e. The lowest BCUT2D eigenvalue weighted by atomic mass is 10.1. The van der Waals surface area contributed by atoms with Gasteiger partial charge < -0.3 is 15.1 Å². The van der Waals surface area contributed by atoms with Crippen LogP contribution in [0, 0.1) is 0 Å². The number of nitrogens with zero attached hydrogens (tertiary/aromatic N) is 1. The van der Waals surface area contributed by atoms with Crippen molar-refractivity contribution in [1.82, 2.24) is 4.90 Å². The Morgan fingerprint density at radius 2 is 1.40 bits per heavy atom. The first-order valence-electron chi connectivity index (χ1n) is 6.34. The summed E-state index contributed by atoms with van der Waals surface area (Å²) in [5.41, 5.74) is 1.47. The Balaban J connectivity index is 2.17. The Hall–Kier alpha value is -2.49. The molecule has 0 aromatic heterocycles. The second kappa shape index (κ2) is 5.65. The highest BCUT2D eigenvalue weighted by molar-refractivity contribution is 5.94. The third kappa shape index (κ3) is 2.91. The molecule has 0 saturated heterocycles. The van der Waals surface area contributed by atoms with Crippen molar-refractivity contribution >= 4 is 5.91 Å². The summed E-state index contributed by atoms with van der Waals surface area (Å²) in [6, 6.07) is 12.8. The fourth-order valence-corrected chi connectivity index (χ4v) is 1.96. The fraction of sp³-hybridized carbons (Fsp3) is 0.188. The number of phenolic OH excluding ortho intramolecular Hbond substituents is 2. The normalized spacial score (nSPS) is 11.9. The van der Waals surface area contributed by atoms with Crippen LogP contribution in [0.3, 0.4) is 0 Å². The number of rotatable bonds is 3. The fourth-order valence-electron chi connectivity index (χ4n) is 1.96. The average molecular weight is 271 g/mol. The summed E-state index contributed by atoms with van der Waals surface area (Å²) < 4.78 is 0. The summed E-state index contributed by atoms with van der Waals surface area (Å²) >= 11 is 0. The van der Waals surface area contributed by atoms with Crippen molar-refractivity contribution in [3.8, 4) is 11.5 Å². The molecule has 2 aromatic carbocycles. The van der Waals surface area contributed by atoms with E-state index < -0.39 is 0 Å². The van der Waals surface area contributed by atoms with Crippen LogP contribution in [0.1, 0.15) is 28.9 Å². The topological polar surface area (TPSA) is 60.8 Å². The first-order chi connectivity index (χ1) is 9.49. The molecule has 0 aliphatic heterocycles. The summed E-state index contributed by atoms with van der Waals surface area (Å²) in [5, 5.41) is 18.5. The van der Waals surface area contributed by atoms with Crippen molar-refractivity contribution in [2.24, 2.45) is 0 Å². The van der Waals surface area contributed by atoms with E-state index in [4.69, 9.17) is 0 Å². The Labute approximate surface area is 117 Å². The first kappa shape index (κ1) is 13.9. The molecular weight excluding hydrogens is 254 g/mol. The molecule has 0 heterocycles. The molecule has 2 rings (SSSR count). The van der Waals surface area contributed by atoms with Crippen molar-refractivity contribution in [3.05, 3.63) is 59.7 Å². The van der Waals surface area contributed by atoms with E-state index >= 15 is 0 Å². The quantitative estimate of drug-likeness (QED) is 0.902. The number of aromatic hydroxyl groups is 2. The Morgan fingerprint density at radius 3 is 1.90 bits per heavy atom. The van der Waals surface area contributed by atoms with E-state index in [2.05, 4.69) is 0 Å². The third-order valence-corrected chi connectivity index (χ3v) is 3.39. The van der Waals surface area contributed by atoms with Crippen LogP contribution in [0.25, 0.3) is 0 Å². The van der Waals surface area contributed by atoms with Gasteiger partial charge in [0.1, 0.15) is 11.5 Å². The molecule has 104 valence electrons. The van der Waals surface area contributed by atoms with Crippen LogP contribution in [-0.4, -0.2) is 28.1 Å². The smallest absolute Gasteiger partial charge is 0.254 e. The maximum atomic E-state index is 12.3. The summed E-state index contributed by atoms with van der Waals surface area (Å²) in [7, 11) is 1.73. The highest BCUT2D eigenvalue weighted by Gasteiger charge is 2.18. The van der Waals surface area contributed by atoms with E-state index in [-0.39, 0.29) is 23.4 Å². The number of hydrogen-bond acceptors (Lipinski definition) is 3. The SMILES string of the molecule is CC(c1ccc(O)cc1)N(C)C(=O)c1ccc(O)cc1. The molecule has 1 atom stereocenters. The number of carbonyl (C=O) groups excluding carboxylic acids is 1. The molecule has 4 nitrogen and oxygen atoms in total. The maximum Gasteiger partial charge on any atom is 0.254 e. The second-order valence-corrected chi connectivity index (χ2v) is 4.73. The lowest BCUT2D eigenvalue weighted by Gasteiger charge is -2.25. The highest BCUT2D eigenvalue weighted by atomic mass is 16.3. The monoisotopic (exact) mass is 271 g/mol. The van der Waals surface area contributed by atoms with E-state index in [1.807, 2.05) is 6.92 Å². The van der Waals surface area contributed by atoms with Crippen LogP contribution in [0.5, 0.6) is 11.5 Å². The van der Waals surface area contributed by atoms with E-state index in [9.17, 15) is 15.0 Å². The van der Waals surface area contributed by atoms with Gasteiger partial charge in [-0.25, -0.2) is 0 Å². The molecule has 0 aliphatic rings. The van der Waals surface area contributed by atoms with Crippen molar-refractivity contribution in [2.75, 3.05) is 7.05 Å². The zero-order valence-corrected chi connectivity index (χ0v) is 11.4. The number of hydrogen-bond donors (Lipinski definition) is 2. The van der Waals surface area contributed by atoms with Crippen LogP contribution in [0.15, 0.2) is 48.5 Å².